The Morgan fingerprint density at radius 1 is 1.19 bits per heavy atom. The number of aliphatic carboxylic acids is 1. The highest BCUT2D eigenvalue weighted by Crippen LogP contribution is 2.45. The van der Waals surface area contributed by atoms with Crippen LogP contribution in [0.5, 0.6) is 0 Å². The van der Waals surface area contributed by atoms with Gasteiger partial charge in [0.2, 0.25) is 0 Å². The zero-order valence-corrected chi connectivity index (χ0v) is 17.0. The Kier molecular flexibility index (Phi) is 10.0. The number of aliphatic hydroxyl groups is 2. The summed E-state index contributed by atoms with van der Waals surface area (Å²) in [5.41, 5.74) is -0.784. The molecule has 0 aliphatic heterocycles. The van der Waals surface area contributed by atoms with Gasteiger partial charge in [-0.3, -0.25) is 9.59 Å². The maximum absolute atomic E-state index is 12.7. The average Bonchev–Trinajstić information content (AvgIpc) is 2.76. The lowest BCUT2D eigenvalue weighted by Gasteiger charge is -2.25. The van der Waals surface area contributed by atoms with Crippen molar-refractivity contribution in [2.75, 3.05) is 0 Å². The maximum Gasteiger partial charge on any atom is 0.303 e. The molecule has 0 spiro atoms. The van der Waals surface area contributed by atoms with Crippen LogP contribution >= 0.6 is 0 Å². The second kappa shape index (κ2) is 11.5. The van der Waals surface area contributed by atoms with E-state index in [1.165, 1.54) is 0 Å². The van der Waals surface area contributed by atoms with E-state index in [0.717, 1.165) is 25.7 Å². The van der Waals surface area contributed by atoms with Crippen molar-refractivity contribution in [3.8, 4) is 11.8 Å². The second-order valence-electron chi connectivity index (χ2n) is 8.33. The fraction of sp³-hybridized carbons (Fsp3) is 0.818. The standard InChI is InChI=1S/C22H36O5/c1-4-5-8-11-16(23)14-15-18-17(20(26)22(2,3)21(18)27)12-9-6-7-10-13-19(24)25/h16-18,21,23,27H,4-5,7-8,10-15H2,1-3H3,(H,24,25)/t16-,17+,18+,21-/m0/s1. The molecular formula is C22H36O5. The minimum Gasteiger partial charge on any atom is -0.481 e. The number of aliphatic hydroxyl groups excluding tert-OH is 2. The number of unbranched alkanes of at least 4 members (excludes halogenated alkanes) is 3. The van der Waals surface area contributed by atoms with E-state index >= 15 is 0 Å². The van der Waals surface area contributed by atoms with E-state index < -0.39 is 17.5 Å². The molecule has 0 aromatic heterocycles. The maximum atomic E-state index is 12.7. The van der Waals surface area contributed by atoms with E-state index in [2.05, 4.69) is 18.8 Å². The van der Waals surface area contributed by atoms with E-state index in [9.17, 15) is 19.8 Å². The minimum absolute atomic E-state index is 0.0420. The Balaban J connectivity index is 2.61. The van der Waals surface area contributed by atoms with Crippen LogP contribution in [0.4, 0.5) is 0 Å². The Labute approximate surface area is 163 Å². The second-order valence-corrected chi connectivity index (χ2v) is 8.33. The highest BCUT2D eigenvalue weighted by atomic mass is 16.4. The normalized spacial score (nSPS) is 25.1. The van der Waals surface area contributed by atoms with Crippen molar-refractivity contribution in [2.24, 2.45) is 17.3 Å². The van der Waals surface area contributed by atoms with Gasteiger partial charge in [-0.15, -0.1) is 11.8 Å². The van der Waals surface area contributed by atoms with E-state index in [4.69, 9.17) is 5.11 Å². The Bertz CT molecular complexity index is 543. The molecule has 154 valence electrons. The lowest BCUT2D eigenvalue weighted by Crippen LogP contribution is -2.32. The van der Waals surface area contributed by atoms with Crippen LogP contribution in [-0.2, 0) is 9.59 Å². The molecular weight excluding hydrogens is 344 g/mol. The van der Waals surface area contributed by atoms with Gasteiger partial charge in [0.05, 0.1) is 12.2 Å². The lowest BCUT2D eigenvalue weighted by molar-refractivity contribution is -0.137. The van der Waals surface area contributed by atoms with Gasteiger partial charge in [0.1, 0.15) is 5.78 Å². The summed E-state index contributed by atoms with van der Waals surface area (Å²) in [6.45, 7) is 5.69. The van der Waals surface area contributed by atoms with E-state index in [-0.39, 0.29) is 30.1 Å². The molecule has 5 heteroatoms. The van der Waals surface area contributed by atoms with Gasteiger partial charge in [-0.2, -0.15) is 0 Å². The molecule has 1 aliphatic carbocycles. The molecule has 1 rings (SSSR count). The van der Waals surface area contributed by atoms with Crippen LogP contribution in [-0.4, -0.2) is 39.3 Å². The van der Waals surface area contributed by atoms with Gasteiger partial charge in [-0.1, -0.05) is 40.0 Å². The predicted octanol–water partition coefficient (Wildman–Crippen LogP) is 3.56. The van der Waals surface area contributed by atoms with Crippen LogP contribution in [0.3, 0.4) is 0 Å². The third-order valence-corrected chi connectivity index (χ3v) is 5.75. The number of hydrogen-bond donors (Lipinski definition) is 3. The first kappa shape index (κ1) is 23.7. The fourth-order valence-electron chi connectivity index (χ4n) is 3.93. The summed E-state index contributed by atoms with van der Waals surface area (Å²) in [6.07, 6.45) is 5.59. The van der Waals surface area contributed by atoms with E-state index in [0.29, 0.717) is 32.1 Å². The van der Waals surface area contributed by atoms with Crippen LogP contribution < -0.4 is 0 Å². The van der Waals surface area contributed by atoms with Crippen molar-refractivity contribution < 1.29 is 24.9 Å². The van der Waals surface area contributed by atoms with Gasteiger partial charge in [0.25, 0.3) is 0 Å². The van der Waals surface area contributed by atoms with Crippen molar-refractivity contribution in [3.63, 3.8) is 0 Å². The van der Waals surface area contributed by atoms with E-state index in [1.54, 1.807) is 13.8 Å². The zero-order valence-electron chi connectivity index (χ0n) is 17.0. The molecule has 1 saturated carbocycles. The summed E-state index contributed by atoms with van der Waals surface area (Å²) in [7, 11) is 0. The number of rotatable bonds is 11. The molecule has 0 unspecified atom stereocenters. The number of carbonyl (C=O) groups excluding carboxylic acids is 1. The quantitative estimate of drug-likeness (QED) is 0.376. The molecule has 1 aliphatic rings. The molecule has 3 N–H and O–H groups in total. The largest absolute Gasteiger partial charge is 0.481 e. The number of carboxylic acid groups (broad SMARTS) is 1. The number of Topliss-reactive ketones (excluding diaryl/α,β-unsaturated/α-hetero) is 1. The SMILES string of the molecule is CCCCC[C@H](O)CC[C@@H]1[C@@H](CC#CCCCC(=O)O)C(=O)C(C)(C)[C@H]1O. The number of ketones is 1. The average molecular weight is 381 g/mol. The third-order valence-electron chi connectivity index (χ3n) is 5.75. The number of carbonyl (C=O) groups is 2. The predicted molar refractivity (Wildman–Crippen MR) is 105 cm³/mol. The van der Waals surface area contributed by atoms with Gasteiger partial charge in [0, 0.05) is 30.6 Å². The molecule has 0 aromatic rings. The van der Waals surface area contributed by atoms with Gasteiger partial charge in [0.15, 0.2) is 0 Å². The van der Waals surface area contributed by atoms with Crippen molar-refractivity contribution in [2.45, 2.75) is 97.2 Å². The highest BCUT2D eigenvalue weighted by Gasteiger charge is 2.53. The van der Waals surface area contributed by atoms with Crippen LogP contribution in [0.15, 0.2) is 0 Å². The monoisotopic (exact) mass is 380 g/mol. The number of carboxylic acids is 1. The molecule has 0 bridgehead atoms. The van der Waals surface area contributed by atoms with E-state index in [1.807, 2.05) is 0 Å². The third kappa shape index (κ3) is 7.27. The Hall–Kier alpha value is -1.38. The Morgan fingerprint density at radius 3 is 2.52 bits per heavy atom. The van der Waals surface area contributed by atoms with Crippen molar-refractivity contribution in [1.82, 2.24) is 0 Å². The first-order valence-electron chi connectivity index (χ1n) is 10.3. The highest BCUT2D eigenvalue weighted by molar-refractivity contribution is 5.90. The smallest absolute Gasteiger partial charge is 0.303 e. The first-order valence-corrected chi connectivity index (χ1v) is 10.3. The van der Waals surface area contributed by atoms with Crippen molar-refractivity contribution >= 4 is 11.8 Å². The summed E-state index contributed by atoms with van der Waals surface area (Å²) >= 11 is 0. The summed E-state index contributed by atoms with van der Waals surface area (Å²) in [5.74, 6) is 4.68. The van der Waals surface area contributed by atoms with Crippen LogP contribution in [0, 0.1) is 29.1 Å². The number of hydrogen-bond acceptors (Lipinski definition) is 4. The van der Waals surface area contributed by atoms with Gasteiger partial charge in [-0.25, -0.2) is 0 Å². The summed E-state index contributed by atoms with van der Waals surface area (Å²) in [4.78, 5) is 23.2. The fourth-order valence-corrected chi connectivity index (χ4v) is 3.93. The minimum atomic E-state index is -0.829. The van der Waals surface area contributed by atoms with Crippen molar-refractivity contribution in [1.29, 1.82) is 0 Å². The topological polar surface area (TPSA) is 94.8 Å². The molecule has 0 aromatic carbocycles. The molecule has 0 saturated heterocycles. The molecule has 27 heavy (non-hydrogen) atoms. The molecule has 0 amide bonds. The van der Waals surface area contributed by atoms with Crippen LogP contribution in [0.2, 0.25) is 0 Å². The summed E-state index contributed by atoms with van der Waals surface area (Å²) in [5, 5.41) is 29.5. The van der Waals surface area contributed by atoms with Gasteiger partial charge < -0.3 is 15.3 Å². The summed E-state index contributed by atoms with van der Waals surface area (Å²) < 4.78 is 0. The van der Waals surface area contributed by atoms with Gasteiger partial charge >= 0.3 is 5.97 Å². The molecule has 0 heterocycles. The summed E-state index contributed by atoms with van der Waals surface area (Å²) in [6, 6.07) is 0. The van der Waals surface area contributed by atoms with Crippen LogP contribution in [0.25, 0.3) is 0 Å². The molecule has 5 nitrogen and oxygen atoms in total. The lowest BCUT2D eigenvalue weighted by atomic mass is 9.85. The molecule has 0 radical (unpaired) electrons. The van der Waals surface area contributed by atoms with Crippen LogP contribution in [0.1, 0.15) is 85.0 Å². The molecule has 1 fully saturated rings. The zero-order chi connectivity index (χ0) is 20.4. The Morgan fingerprint density at radius 2 is 1.89 bits per heavy atom. The first-order chi connectivity index (χ1) is 12.7. The van der Waals surface area contributed by atoms with Crippen molar-refractivity contribution in [3.05, 3.63) is 0 Å². The van der Waals surface area contributed by atoms with Gasteiger partial charge in [-0.05, 0) is 31.6 Å². The molecule has 4 atom stereocenters.